The second-order valence-electron chi connectivity index (χ2n) is 5.35. The van der Waals surface area contributed by atoms with Crippen molar-refractivity contribution in [3.63, 3.8) is 0 Å². The Morgan fingerprint density at radius 3 is 2.57 bits per heavy atom. The van der Waals surface area contributed by atoms with E-state index in [1.807, 2.05) is 36.4 Å². The Labute approximate surface area is 124 Å². The van der Waals surface area contributed by atoms with Gasteiger partial charge in [0.15, 0.2) is 11.6 Å². The number of hydrogen-bond acceptors (Lipinski definition) is 3. The van der Waals surface area contributed by atoms with E-state index < -0.39 is 0 Å². The molecule has 21 heavy (non-hydrogen) atoms. The molecule has 3 rings (SSSR count). The van der Waals surface area contributed by atoms with E-state index in [2.05, 4.69) is 10.2 Å². The smallest absolute Gasteiger partial charge is 0.287 e. The minimum atomic E-state index is -0.165. The molecule has 0 radical (unpaired) electrons. The van der Waals surface area contributed by atoms with Crippen molar-refractivity contribution >= 4 is 11.8 Å². The molecule has 0 saturated carbocycles. The molecule has 0 unspecified atom stereocenters. The van der Waals surface area contributed by atoms with Crippen molar-refractivity contribution in [3.05, 3.63) is 53.8 Å². The van der Waals surface area contributed by atoms with Gasteiger partial charge in [-0.1, -0.05) is 30.3 Å². The summed E-state index contributed by atoms with van der Waals surface area (Å²) in [5.74, 6) is 1.02. The summed E-state index contributed by atoms with van der Waals surface area (Å²) in [5, 5.41) is 2.88. The zero-order valence-electron chi connectivity index (χ0n) is 12.0. The first kappa shape index (κ1) is 13.7. The summed E-state index contributed by atoms with van der Waals surface area (Å²) in [4.78, 5) is 14.3. The number of anilines is 1. The van der Waals surface area contributed by atoms with E-state index in [4.69, 9.17) is 4.42 Å². The SMILES string of the molecule is O=C(NCc1ccccc1)c1ccc(N2CCCCC2)o1. The Bertz CT molecular complexity index is 586. The molecule has 1 aliphatic rings. The molecular weight excluding hydrogens is 264 g/mol. The minimum Gasteiger partial charge on any atom is -0.435 e. The van der Waals surface area contributed by atoms with E-state index in [1.54, 1.807) is 6.07 Å². The molecule has 1 amide bonds. The normalized spacial score (nSPS) is 15.0. The number of hydrogen-bond donors (Lipinski definition) is 1. The summed E-state index contributed by atoms with van der Waals surface area (Å²) in [5.41, 5.74) is 1.08. The lowest BCUT2D eigenvalue weighted by Crippen LogP contribution is -2.29. The number of benzene rings is 1. The van der Waals surface area contributed by atoms with Crippen molar-refractivity contribution < 1.29 is 9.21 Å². The molecule has 110 valence electrons. The van der Waals surface area contributed by atoms with Gasteiger partial charge in [-0.15, -0.1) is 0 Å². The van der Waals surface area contributed by atoms with Crippen LogP contribution in [0.1, 0.15) is 35.4 Å². The van der Waals surface area contributed by atoms with E-state index >= 15 is 0 Å². The van der Waals surface area contributed by atoms with E-state index in [-0.39, 0.29) is 5.91 Å². The van der Waals surface area contributed by atoms with Gasteiger partial charge in [-0.25, -0.2) is 0 Å². The number of piperidine rings is 1. The minimum absolute atomic E-state index is 0.165. The highest BCUT2D eigenvalue weighted by atomic mass is 16.4. The summed E-state index contributed by atoms with van der Waals surface area (Å²) in [6.45, 7) is 2.54. The Morgan fingerprint density at radius 1 is 1.05 bits per heavy atom. The van der Waals surface area contributed by atoms with Crippen molar-refractivity contribution in [1.82, 2.24) is 5.32 Å². The Hall–Kier alpha value is -2.23. The topological polar surface area (TPSA) is 45.5 Å². The molecule has 2 aromatic rings. The van der Waals surface area contributed by atoms with Crippen molar-refractivity contribution in [2.45, 2.75) is 25.8 Å². The molecule has 1 N–H and O–H groups in total. The van der Waals surface area contributed by atoms with Crippen LogP contribution in [-0.2, 0) is 6.54 Å². The first-order valence-electron chi connectivity index (χ1n) is 7.50. The van der Waals surface area contributed by atoms with Crippen LogP contribution in [-0.4, -0.2) is 19.0 Å². The summed E-state index contributed by atoms with van der Waals surface area (Å²) in [6.07, 6.45) is 3.66. The zero-order valence-corrected chi connectivity index (χ0v) is 12.0. The summed E-state index contributed by atoms with van der Waals surface area (Å²) in [7, 11) is 0. The number of rotatable bonds is 4. The van der Waals surface area contributed by atoms with Crippen molar-refractivity contribution in [2.24, 2.45) is 0 Å². The highest BCUT2D eigenvalue weighted by molar-refractivity contribution is 5.91. The maximum atomic E-state index is 12.1. The van der Waals surface area contributed by atoms with Gasteiger partial charge in [0.05, 0.1) is 0 Å². The summed E-state index contributed by atoms with van der Waals surface area (Å²) in [6, 6.07) is 13.5. The van der Waals surface area contributed by atoms with Crippen LogP contribution >= 0.6 is 0 Å². The average molecular weight is 284 g/mol. The molecule has 1 aromatic heterocycles. The van der Waals surface area contributed by atoms with E-state index in [0.717, 1.165) is 24.5 Å². The fraction of sp³-hybridized carbons (Fsp3) is 0.353. The molecule has 0 aliphatic carbocycles. The quantitative estimate of drug-likeness (QED) is 0.937. The molecule has 1 aromatic carbocycles. The fourth-order valence-electron chi connectivity index (χ4n) is 2.60. The van der Waals surface area contributed by atoms with E-state index in [9.17, 15) is 4.79 Å². The molecular formula is C17H20N2O2. The van der Waals surface area contributed by atoms with Gasteiger partial charge in [0.1, 0.15) is 0 Å². The van der Waals surface area contributed by atoms with Crippen molar-refractivity contribution in [3.8, 4) is 0 Å². The molecule has 1 fully saturated rings. The second-order valence-corrected chi connectivity index (χ2v) is 5.35. The van der Waals surface area contributed by atoms with Gasteiger partial charge < -0.3 is 14.6 Å². The molecule has 2 heterocycles. The Kier molecular flexibility index (Phi) is 4.24. The number of amides is 1. The lowest BCUT2D eigenvalue weighted by atomic mass is 10.1. The molecule has 1 aliphatic heterocycles. The monoisotopic (exact) mass is 284 g/mol. The Balaban J connectivity index is 1.59. The highest BCUT2D eigenvalue weighted by Crippen LogP contribution is 2.22. The van der Waals surface area contributed by atoms with Gasteiger partial charge in [-0.05, 0) is 30.9 Å². The molecule has 4 heteroatoms. The van der Waals surface area contributed by atoms with Crippen LogP contribution < -0.4 is 10.2 Å². The fourth-order valence-corrected chi connectivity index (χ4v) is 2.60. The van der Waals surface area contributed by atoms with Gasteiger partial charge in [0.2, 0.25) is 0 Å². The van der Waals surface area contributed by atoms with Crippen molar-refractivity contribution in [2.75, 3.05) is 18.0 Å². The van der Waals surface area contributed by atoms with Crippen LogP contribution in [0.15, 0.2) is 46.9 Å². The first-order valence-corrected chi connectivity index (χ1v) is 7.50. The zero-order chi connectivity index (χ0) is 14.5. The third kappa shape index (κ3) is 3.45. The maximum absolute atomic E-state index is 12.1. The van der Waals surface area contributed by atoms with Crippen LogP contribution in [0, 0.1) is 0 Å². The number of carbonyl (C=O) groups excluding carboxylic acids is 1. The predicted octanol–water partition coefficient (Wildman–Crippen LogP) is 3.20. The van der Waals surface area contributed by atoms with Crippen LogP contribution in [0.5, 0.6) is 0 Å². The first-order chi connectivity index (χ1) is 10.3. The molecule has 1 saturated heterocycles. The number of nitrogens with one attached hydrogen (secondary N) is 1. The molecule has 0 spiro atoms. The highest BCUT2D eigenvalue weighted by Gasteiger charge is 2.17. The second kappa shape index (κ2) is 6.48. The van der Waals surface area contributed by atoms with E-state index in [0.29, 0.717) is 12.3 Å². The Morgan fingerprint density at radius 2 is 1.81 bits per heavy atom. The lowest BCUT2D eigenvalue weighted by molar-refractivity contribution is 0.0923. The van der Waals surface area contributed by atoms with Gasteiger partial charge in [-0.3, -0.25) is 4.79 Å². The third-order valence-corrected chi connectivity index (χ3v) is 3.78. The summed E-state index contributed by atoms with van der Waals surface area (Å²) >= 11 is 0. The van der Waals surface area contributed by atoms with Crippen LogP contribution in [0.2, 0.25) is 0 Å². The van der Waals surface area contributed by atoms with Gasteiger partial charge >= 0.3 is 0 Å². The van der Waals surface area contributed by atoms with Gasteiger partial charge in [-0.2, -0.15) is 0 Å². The molecule has 4 nitrogen and oxygen atoms in total. The van der Waals surface area contributed by atoms with E-state index in [1.165, 1.54) is 19.3 Å². The van der Waals surface area contributed by atoms with Crippen LogP contribution in [0.25, 0.3) is 0 Å². The number of nitrogens with zero attached hydrogens (tertiary/aromatic N) is 1. The number of carbonyl (C=O) groups is 1. The largest absolute Gasteiger partial charge is 0.435 e. The third-order valence-electron chi connectivity index (χ3n) is 3.78. The standard InChI is InChI=1S/C17H20N2O2/c20-17(18-13-14-7-3-1-4-8-14)15-9-10-16(21-15)19-11-5-2-6-12-19/h1,3-4,7-10H,2,5-6,11-13H2,(H,18,20). The summed E-state index contributed by atoms with van der Waals surface area (Å²) < 4.78 is 5.69. The van der Waals surface area contributed by atoms with Gasteiger partial charge in [0.25, 0.3) is 5.91 Å². The van der Waals surface area contributed by atoms with Gasteiger partial charge in [0, 0.05) is 25.7 Å². The maximum Gasteiger partial charge on any atom is 0.287 e. The lowest BCUT2D eigenvalue weighted by Gasteiger charge is -2.25. The van der Waals surface area contributed by atoms with Crippen LogP contribution in [0.4, 0.5) is 5.88 Å². The molecule has 0 atom stereocenters. The average Bonchev–Trinajstić information content (AvgIpc) is 3.04. The molecule has 0 bridgehead atoms. The van der Waals surface area contributed by atoms with Crippen molar-refractivity contribution in [1.29, 1.82) is 0 Å². The predicted molar refractivity (Wildman–Crippen MR) is 82.4 cm³/mol. The van der Waals surface area contributed by atoms with Crippen LogP contribution in [0.3, 0.4) is 0 Å². The number of furan rings is 1.